The van der Waals surface area contributed by atoms with Crippen molar-refractivity contribution in [2.45, 2.75) is 26.3 Å². The number of benzene rings is 2. The summed E-state index contributed by atoms with van der Waals surface area (Å²) in [7, 11) is 0. The number of nitrogens with one attached hydrogen (secondary N) is 1. The van der Waals surface area contributed by atoms with Gasteiger partial charge in [0, 0.05) is 18.7 Å². The van der Waals surface area contributed by atoms with E-state index in [2.05, 4.69) is 5.32 Å². The molecule has 28 heavy (non-hydrogen) atoms. The summed E-state index contributed by atoms with van der Waals surface area (Å²) in [6, 6.07) is 16.9. The molecule has 2 aromatic carbocycles. The van der Waals surface area contributed by atoms with Crippen molar-refractivity contribution < 1.29 is 19.1 Å². The van der Waals surface area contributed by atoms with E-state index < -0.39 is 17.8 Å². The van der Waals surface area contributed by atoms with Gasteiger partial charge < -0.3 is 15.0 Å². The minimum atomic E-state index is -0.551. The number of aryl methyl sites for hydroxylation is 1. The van der Waals surface area contributed by atoms with Crippen molar-refractivity contribution >= 4 is 23.5 Å². The van der Waals surface area contributed by atoms with E-state index in [0.717, 1.165) is 11.1 Å². The summed E-state index contributed by atoms with van der Waals surface area (Å²) in [4.78, 5) is 38.4. The van der Waals surface area contributed by atoms with E-state index in [1.54, 1.807) is 11.0 Å². The van der Waals surface area contributed by atoms with Crippen LogP contribution >= 0.6 is 0 Å². The molecule has 1 aliphatic rings. The third kappa shape index (κ3) is 4.76. The topological polar surface area (TPSA) is 75.7 Å². The normalized spacial score (nSPS) is 17.3. The first-order chi connectivity index (χ1) is 13.4. The molecule has 0 aliphatic carbocycles. The van der Waals surface area contributed by atoms with Crippen LogP contribution < -0.4 is 5.32 Å². The van der Waals surface area contributed by atoms with Crippen LogP contribution in [0.15, 0.2) is 54.6 Å². The Morgan fingerprint density at radius 1 is 1.18 bits per heavy atom. The Kier molecular flexibility index (Phi) is 6.09. The molecule has 1 saturated heterocycles. The first kappa shape index (κ1) is 19.6. The quantitative estimate of drug-likeness (QED) is 0.782. The van der Waals surface area contributed by atoms with Crippen molar-refractivity contribution in [3.05, 3.63) is 65.7 Å². The lowest BCUT2D eigenvalue weighted by molar-refractivity contribution is -0.151. The smallest absolute Gasteiger partial charge is 0.311 e. The fraction of sp³-hybridized carbons (Fsp3) is 0.318. The maximum atomic E-state index is 12.4. The summed E-state index contributed by atoms with van der Waals surface area (Å²) in [6.45, 7) is 3.80. The maximum Gasteiger partial charge on any atom is 0.311 e. The molecule has 1 fully saturated rings. The van der Waals surface area contributed by atoms with Gasteiger partial charge in [-0.15, -0.1) is 0 Å². The predicted octanol–water partition coefficient (Wildman–Crippen LogP) is 3.09. The minimum Gasteiger partial charge on any atom is -0.455 e. The van der Waals surface area contributed by atoms with Crippen molar-refractivity contribution in [3.8, 4) is 0 Å². The predicted molar refractivity (Wildman–Crippen MR) is 105 cm³/mol. The van der Waals surface area contributed by atoms with Crippen LogP contribution in [0.2, 0.25) is 0 Å². The third-order valence-corrected chi connectivity index (χ3v) is 4.89. The lowest BCUT2D eigenvalue weighted by Gasteiger charge is -2.25. The van der Waals surface area contributed by atoms with Gasteiger partial charge in [0.05, 0.1) is 12.0 Å². The first-order valence-corrected chi connectivity index (χ1v) is 9.31. The Labute approximate surface area is 164 Å². The number of carbonyl (C=O) groups is 3. The Bertz CT molecular complexity index is 866. The summed E-state index contributed by atoms with van der Waals surface area (Å²) in [5.74, 6) is -1.55. The number of esters is 1. The molecule has 0 bridgehead atoms. The second kappa shape index (κ2) is 8.69. The summed E-state index contributed by atoms with van der Waals surface area (Å²) in [6.07, 6.45) is 0.107. The van der Waals surface area contributed by atoms with Gasteiger partial charge in [-0.25, -0.2) is 0 Å². The summed E-state index contributed by atoms with van der Waals surface area (Å²) < 4.78 is 5.14. The summed E-state index contributed by atoms with van der Waals surface area (Å²) >= 11 is 0. The molecule has 6 heteroatoms. The van der Waals surface area contributed by atoms with Crippen LogP contribution in [0.4, 0.5) is 5.69 Å². The van der Waals surface area contributed by atoms with E-state index in [-0.39, 0.29) is 25.0 Å². The largest absolute Gasteiger partial charge is 0.455 e. The van der Waals surface area contributed by atoms with E-state index in [4.69, 9.17) is 4.74 Å². The average Bonchev–Trinajstić information content (AvgIpc) is 3.08. The molecule has 2 aromatic rings. The molecule has 6 nitrogen and oxygen atoms in total. The zero-order valence-electron chi connectivity index (χ0n) is 16.1. The van der Waals surface area contributed by atoms with Crippen LogP contribution in [0.5, 0.6) is 0 Å². The van der Waals surface area contributed by atoms with Gasteiger partial charge in [-0.3, -0.25) is 14.4 Å². The molecule has 0 saturated carbocycles. The van der Waals surface area contributed by atoms with Gasteiger partial charge in [0.2, 0.25) is 5.91 Å². The average molecular weight is 380 g/mol. The second-order valence-electron chi connectivity index (χ2n) is 7.06. The van der Waals surface area contributed by atoms with Gasteiger partial charge in [-0.2, -0.15) is 0 Å². The van der Waals surface area contributed by atoms with Crippen molar-refractivity contribution in [1.82, 2.24) is 4.90 Å². The number of carbonyl (C=O) groups excluding carboxylic acids is 3. The Morgan fingerprint density at radius 2 is 1.93 bits per heavy atom. The van der Waals surface area contributed by atoms with E-state index in [1.165, 1.54) is 0 Å². The molecule has 0 unspecified atom stereocenters. The minimum absolute atomic E-state index is 0.0810. The monoisotopic (exact) mass is 380 g/mol. The fourth-order valence-electron chi connectivity index (χ4n) is 3.35. The van der Waals surface area contributed by atoms with Crippen LogP contribution in [-0.2, 0) is 19.1 Å². The van der Waals surface area contributed by atoms with Gasteiger partial charge in [-0.1, -0.05) is 42.5 Å². The zero-order chi connectivity index (χ0) is 20.1. The second-order valence-corrected chi connectivity index (χ2v) is 7.06. The molecule has 146 valence electrons. The van der Waals surface area contributed by atoms with E-state index in [9.17, 15) is 14.4 Å². The molecule has 0 spiro atoms. The highest BCUT2D eigenvalue weighted by Gasteiger charge is 2.38. The van der Waals surface area contributed by atoms with Crippen molar-refractivity contribution in [3.63, 3.8) is 0 Å². The number of anilines is 1. The van der Waals surface area contributed by atoms with Crippen molar-refractivity contribution in [2.24, 2.45) is 5.92 Å². The molecule has 0 radical (unpaired) electrons. The number of nitrogens with zero attached hydrogens (tertiary/aromatic N) is 1. The van der Waals surface area contributed by atoms with Crippen LogP contribution in [0.3, 0.4) is 0 Å². The number of likely N-dealkylation sites (tertiary alicyclic amines) is 1. The van der Waals surface area contributed by atoms with E-state index >= 15 is 0 Å². The molecule has 1 aliphatic heterocycles. The molecule has 0 aromatic heterocycles. The summed E-state index contributed by atoms with van der Waals surface area (Å²) in [5, 5.41) is 2.69. The Hall–Kier alpha value is -3.15. The highest BCUT2D eigenvalue weighted by Crippen LogP contribution is 2.29. The Morgan fingerprint density at radius 3 is 2.64 bits per heavy atom. The number of hydrogen-bond donors (Lipinski definition) is 1. The molecular weight excluding hydrogens is 356 g/mol. The van der Waals surface area contributed by atoms with Crippen molar-refractivity contribution in [1.29, 1.82) is 0 Å². The van der Waals surface area contributed by atoms with Crippen molar-refractivity contribution in [2.75, 3.05) is 18.5 Å². The maximum absolute atomic E-state index is 12.4. The van der Waals surface area contributed by atoms with E-state index in [0.29, 0.717) is 12.2 Å². The van der Waals surface area contributed by atoms with Gasteiger partial charge in [-0.05, 0) is 37.1 Å². The zero-order valence-corrected chi connectivity index (χ0v) is 16.1. The first-order valence-electron chi connectivity index (χ1n) is 9.31. The SMILES string of the molecule is Cc1cccc(NC(=O)COC(=O)[C@H]2CC(=O)N([C@@H](C)c3ccccc3)C2)c1. The highest BCUT2D eigenvalue weighted by molar-refractivity contribution is 5.93. The lowest BCUT2D eigenvalue weighted by Crippen LogP contribution is -2.30. The molecule has 3 rings (SSSR count). The molecular formula is C22H24N2O4. The van der Waals surface area contributed by atoms with Crippen LogP contribution in [0.25, 0.3) is 0 Å². The fourth-order valence-corrected chi connectivity index (χ4v) is 3.35. The van der Waals surface area contributed by atoms with Gasteiger partial charge in [0.15, 0.2) is 6.61 Å². The molecule has 2 amide bonds. The standard InChI is InChI=1S/C22H24N2O4/c1-15-7-6-10-19(11-15)23-20(25)14-28-22(27)18-12-21(26)24(13-18)16(2)17-8-4-3-5-9-17/h3-11,16,18H,12-14H2,1-2H3,(H,23,25)/t16-,18-/m0/s1. The van der Waals surface area contributed by atoms with Crippen LogP contribution in [0.1, 0.15) is 30.5 Å². The number of rotatable bonds is 6. The van der Waals surface area contributed by atoms with Gasteiger partial charge >= 0.3 is 5.97 Å². The van der Waals surface area contributed by atoms with Crippen LogP contribution in [-0.4, -0.2) is 35.8 Å². The van der Waals surface area contributed by atoms with Crippen LogP contribution in [0, 0.1) is 12.8 Å². The third-order valence-electron chi connectivity index (χ3n) is 4.89. The molecule has 1 heterocycles. The summed E-state index contributed by atoms with van der Waals surface area (Å²) in [5.41, 5.74) is 2.69. The molecule has 1 N–H and O–H groups in total. The number of hydrogen-bond acceptors (Lipinski definition) is 4. The van der Waals surface area contributed by atoms with E-state index in [1.807, 2.05) is 62.4 Å². The molecule has 2 atom stereocenters. The van der Waals surface area contributed by atoms with Gasteiger partial charge in [0.1, 0.15) is 0 Å². The Balaban J connectivity index is 1.51. The lowest BCUT2D eigenvalue weighted by atomic mass is 10.1. The highest BCUT2D eigenvalue weighted by atomic mass is 16.5. The number of ether oxygens (including phenoxy) is 1. The van der Waals surface area contributed by atoms with Gasteiger partial charge in [0.25, 0.3) is 5.91 Å². The number of amides is 2.